The van der Waals surface area contributed by atoms with Crippen molar-refractivity contribution in [3.63, 3.8) is 0 Å². The second-order valence-corrected chi connectivity index (χ2v) is 7.59. The number of urea groups is 1. The van der Waals surface area contributed by atoms with Crippen LogP contribution in [0.25, 0.3) is 5.82 Å². The predicted molar refractivity (Wildman–Crippen MR) is 119 cm³/mol. The highest BCUT2D eigenvalue weighted by Gasteiger charge is 2.22. The quantitative estimate of drug-likeness (QED) is 0.697. The SMILES string of the molecule is COc1ccc(NC(=O)N2CCN(c3ccc(-n4nc(C)c(C)c4C)nn3)CC2)cc1. The number of methoxy groups -OCH3 is 1. The molecule has 0 atom stereocenters. The van der Waals surface area contributed by atoms with Gasteiger partial charge in [-0.3, -0.25) is 0 Å². The Balaban J connectivity index is 1.34. The summed E-state index contributed by atoms with van der Waals surface area (Å²) in [5.41, 5.74) is 3.97. The molecule has 1 aromatic carbocycles. The molecule has 4 rings (SSSR count). The number of hydrogen-bond acceptors (Lipinski definition) is 6. The lowest BCUT2D eigenvalue weighted by molar-refractivity contribution is 0.208. The van der Waals surface area contributed by atoms with E-state index in [1.165, 1.54) is 0 Å². The molecule has 31 heavy (non-hydrogen) atoms. The molecule has 0 unspecified atom stereocenters. The number of carbonyl (C=O) groups is 1. The number of carbonyl (C=O) groups excluding carboxylic acids is 1. The number of anilines is 2. The molecule has 1 saturated heterocycles. The number of nitrogens with zero attached hydrogens (tertiary/aromatic N) is 6. The number of benzene rings is 1. The van der Waals surface area contributed by atoms with Crippen LogP contribution >= 0.6 is 0 Å². The summed E-state index contributed by atoms with van der Waals surface area (Å²) in [6.45, 7) is 8.70. The largest absolute Gasteiger partial charge is 0.497 e. The number of piperazine rings is 1. The van der Waals surface area contributed by atoms with Crippen molar-refractivity contribution in [2.24, 2.45) is 0 Å². The van der Waals surface area contributed by atoms with Crippen LogP contribution in [0.1, 0.15) is 17.0 Å². The number of amides is 2. The maximum absolute atomic E-state index is 12.6. The Morgan fingerprint density at radius 3 is 2.13 bits per heavy atom. The summed E-state index contributed by atoms with van der Waals surface area (Å²) < 4.78 is 6.97. The van der Waals surface area contributed by atoms with Gasteiger partial charge in [0.1, 0.15) is 5.75 Å². The minimum Gasteiger partial charge on any atom is -0.497 e. The van der Waals surface area contributed by atoms with Crippen molar-refractivity contribution in [2.45, 2.75) is 20.8 Å². The Labute approximate surface area is 181 Å². The minimum absolute atomic E-state index is 0.105. The number of nitrogens with one attached hydrogen (secondary N) is 1. The minimum atomic E-state index is -0.105. The van der Waals surface area contributed by atoms with Crippen molar-refractivity contribution in [3.8, 4) is 11.6 Å². The van der Waals surface area contributed by atoms with Crippen molar-refractivity contribution in [1.82, 2.24) is 24.9 Å². The van der Waals surface area contributed by atoms with Gasteiger partial charge in [0.25, 0.3) is 0 Å². The average molecular weight is 422 g/mol. The molecule has 0 saturated carbocycles. The number of hydrogen-bond donors (Lipinski definition) is 1. The summed E-state index contributed by atoms with van der Waals surface area (Å²) in [6.07, 6.45) is 0. The second kappa shape index (κ2) is 8.63. The summed E-state index contributed by atoms with van der Waals surface area (Å²) in [7, 11) is 1.62. The van der Waals surface area contributed by atoms with E-state index in [4.69, 9.17) is 4.74 Å². The zero-order valence-electron chi connectivity index (χ0n) is 18.3. The lowest BCUT2D eigenvalue weighted by atomic mass is 10.2. The maximum Gasteiger partial charge on any atom is 0.321 e. The van der Waals surface area contributed by atoms with E-state index >= 15 is 0 Å². The predicted octanol–water partition coefficient (Wildman–Crippen LogP) is 2.95. The molecule has 1 N–H and O–H groups in total. The van der Waals surface area contributed by atoms with E-state index in [-0.39, 0.29) is 6.03 Å². The van der Waals surface area contributed by atoms with Gasteiger partial charge >= 0.3 is 6.03 Å². The fraction of sp³-hybridized carbons (Fsp3) is 0.364. The fourth-order valence-electron chi connectivity index (χ4n) is 3.56. The molecule has 0 radical (unpaired) electrons. The average Bonchev–Trinajstić information content (AvgIpc) is 3.07. The molecular formula is C22H27N7O2. The van der Waals surface area contributed by atoms with Gasteiger partial charge in [-0.15, -0.1) is 10.2 Å². The third kappa shape index (κ3) is 4.30. The first kappa shape index (κ1) is 20.6. The lowest BCUT2D eigenvalue weighted by Crippen LogP contribution is -2.50. The fourth-order valence-corrected chi connectivity index (χ4v) is 3.56. The summed E-state index contributed by atoms with van der Waals surface area (Å²) in [4.78, 5) is 16.5. The lowest BCUT2D eigenvalue weighted by Gasteiger charge is -2.35. The van der Waals surface area contributed by atoms with Gasteiger partial charge in [0.2, 0.25) is 0 Å². The standard InChI is InChI=1S/C22H27N7O2/c1-15-16(2)26-29(17(15)3)21-10-9-20(24-25-21)27-11-13-28(14-12-27)22(30)23-18-5-7-19(31-4)8-6-18/h5-10H,11-14H2,1-4H3,(H,23,30). The molecule has 1 aliphatic heterocycles. The van der Waals surface area contributed by atoms with Gasteiger partial charge in [-0.1, -0.05) is 0 Å². The molecule has 0 bridgehead atoms. The maximum atomic E-state index is 12.6. The van der Waals surface area contributed by atoms with Crippen LogP contribution in [0.15, 0.2) is 36.4 Å². The molecule has 9 heteroatoms. The van der Waals surface area contributed by atoms with Gasteiger partial charge in [0.15, 0.2) is 11.6 Å². The van der Waals surface area contributed by atoms with Crippen LogP contribution in [0.3, 0.4) is 0 Å². The third-order valence-electron chi connectivity index (χ3n) is 5.74. The molecule has 2 amide bonds. The zero-order chi connectivity index (χ0) is 22.0. The van der Waals surface area contributed by atoms with Crippen LogP contribution in [-0.2, 0) is 0 Å². The van der Waals surface area contributed by atoms with Crippen LogP contribution in [0, 0.1) is 20.8 Å². The molecule has 2 aromatic heterocycles. The third-order valence-corrected chi connectivity index (χ3v) is 5.74. The van der Waals surface area contributed by atoms with Crippen LogP contribution in [0.2, 0.25) is 0 Å². The van der Waals surface area contributed by atoms with Crippen molar-refractivity contribution >= 4 is 17.5 Å². The first-order chi connectivity index (χ1) is 15.0. The summed E-state index contributed by atoms with van der Waals surface area (Å²) in [5.74, 6) is 2.26. The molecular weight excluding hydrogens is 394 g/mol. The Hall–Kier alpha value is -3.62. The van der Waals surface area contributed by atoms with Crippen molar-refractivity contribution in [2.75, 3.05) is 43.5 Å². The van der Waals surface area contributed by atoms with E-state index in [2.05, 4.69) is 32.4 Å². The Morgan fingerprint density at radius 2 is 1.58 bits per heavy atom. The second-order valence-electron chi connectivity index (χ2n) is 7.59. The Kier molecular flexibility index (Phi) is 5.75. The summed E-state index contributed by atoms with van der Waals surface area (Å²) in [6, 6.07) is 11.1. The highest BCUT2D eigenvalue weighted by molar-refractivity contribution is 5.89. The van der Waals surface area contributed by atoms with Gasteiger partial charge in [-0.2, -0.15) is 5.10 Å². The zero-order valence-corrected chi connectivity index (χ0v) is 18.3. The van der Waals surface area contributed by atoms with Crippen LogP contribution in [-0.4, -0.2) is 64.2 Å². The van der Waals surface area contributed by atoms with Gasteiger partial charge in [-0.25, -0.2) is 9.48 Å². The first-order valence-electron chi connectivity index (χ1n) is 10.3. The van der Waals surface area contributed by atoms with E-state index in [1.54, 1.807) is 12.0 Å². The van der Waals surface area contributed by atoms with Gasteiger partial charge in [0, 0.05) is 37.6 Å². The number of rotatable bonds is 4. The smallest absolute Gasteiger partial charge is 0.321 e. The van der Waals surface area contributed by atoms with Crippen molar-refractivity contribution in [3.05, 3.63) is 53.3 Å². The molecule has 3 aromatic rings. The molecule has 3 heterocycles. The number of aromatic nitrogens is 4. The van der Waals surface area contributed by atoms with Crippen LogP contribution in [0.5, 0.6) is 5.75 Å². The molecule has 0 spiro atoms. The normalized spacial score (nSPS) is 13.9. The van der Waals surface area contributed by atoms with Crippen molar-refractivity contribution in [1.29, 1.82) is 0 Å². The first-order valence-corrected chi connectivity index (χ1v) is 10.3. The summed E-state index contributed by atoms with van der Waals surface area (Å²) >= 11 is 0. The molecule has 9 nitrogen and oxygen atoms in total. The van der Waals surface area contributed by atoms with E-state index in [0.29, 0.717) is 32.0 Å². The number of ether oxygens (including phenoxy) is 1. The van der Waals surface area contributed by atoms with Gasteiger partial charge in [0.05, 0.1) is 12.8 Å². The Morgan fingerprint density at radius 1 is 0.935 bits per heavy atom. The Bertz CT molecular complexity index is 1050. The highest BCUT2D eigenvalue weighted by atomic mass is 16.5. The monoisotopic (exact) mass is 421 g/mol. The number of aryl methyl sites for hydroxylation is 1. The van der Waals surface area contributed by atoms with E-state index in [9.17, 15) is 4.79 Å². The van der Waals surface area contributed by atoms with Crippen molar-refractivity contribution < 1.29 is 9.53 Å². The molecule has 1 fully saturated rings. The van der Waals surface area contributed by atoms with Crippen LogP contribution < -0.4 is 15.0 Å². The molecule has 1 aliphatic rings. The summed E-state index contributed by atoms with van der Waals surface area (Å²) in [5, 5.41) is 16.2. The topological polar surface area (TPSA) is 88.4 Å². The molecule has 162 valence electrons. The van der Waals surface area contributed by atoms with E-state index in [0.717, 1.165) is 34.2 Å². The van der Waals surface area contributed by atoms with Gasteiger partial charge in [-0.05, 0) is 62.7 Å². The van der Waals surface area contributed by atoms with Crippen LogP contribution in [0.4, 0.5) is 16.3 Å². The highest BCUT2D eigenvalue weighted by Crippen LogP contribution is 2.19. The van der Waals surface area contributed by atoms with Gasteiger partial charge < -0.3 is 19.9 Å². The van der Waals surface area contributed by atoms with E-state index < -0.39 is 0 Å². The van der Waals surface area contributed by atoms with E-state index in [1.807, 2.05) is 54.9 Å². The molecule has 0 aliphatic carbocycles.